The van der Waals surface area contributed by atoms with Crippen LogP contribution in [0.4, 0.5) is 17.1 Å². The summed E-state index contributed by atoms with van der Waals surface area (Å²) in [7, 11) is 0. The molecule has 0 unspecified atom stereocenters. The quantitative estimate of drug-likeness (QED) is 0.474. The maximum absolute atomic E-state index is 12.8. The number of carbonyl (C=O) groups excluding carboxylic acids is 1. The first-order valence-electron chi connectivity index (χ1n) is 8.58. The van der Waals surface area contributed by atoms with Crippen LogP contribution in [0.1, 0.15) is 29.6 Å². The lowest BCUT2D eigenvalue weighted by Gasteiger charge is -2.30. The molecular formula is C19H21N3O3S. The van der Waals surface area contributed by atoms with Gasteiger partial charge in [0, 0.05) is 24.1 Å². The lowest BCUT2D eigenvalue weighted by Crippen LogP contribution is -2.30. The predicted molar refractivity (Wildman–Crippen MR) is 105 cm³/mol. The summed E-state index contributed by atoms with van der Waals surface area (Å²) in [6.07, 6.45) is 5.35. The van der Waals surface area contributed by atoms with Crippen LogP contribution in [0.15, 0.2) is 47.4 Å². The zero-order valence-corrected chi connectivity index (χ0v) is 15.4. The highest BCUT2D eigenvalue weighted by Gasteiger charge is 2.22. The Morgan fingerprint density at radius 2 is 1.88 bits per heavy atom. The standard InChI is InChI=1S/C19H21N3O3S/c1-26-14-9-10-17(22(24)25)15(13-14)19(23)20-16-7-3-4-8-18(16)21-11-5-2-6-12-21/h3-4,7-10,13H,2,5-6,11-12H2,1H3,(H,20,23). The minimum Gasteiger partial charge on any atom is -0.370 e. The molecule has 2 aromatic carbocycles. The van der Waals surface area contributed by atoms with Gasteiger partial charge in [-0.25, -0.2) is 0 Å². The highest BCUT2D eigenvalue weighted by Crippen LogP contribution is 2.30. The summed E-state index contributed by atoms with van der Waals surface area (Å²) in [6, 6.07) is 12.2. The number of nitrogens with one attached hydrogen (secondary N) is 1. The van der Waals surface area contributed by atoms with Gasteiger partial charge in [0.05, 0.1) is 16.3 Å². The van der Waals surface area contributed by atoms with E-state index in [4.69, 9.17) is 0 Å². The van der Waals surface area contributed by atoms with Crippen LogP contribution in [0.25, 0.3) is 0 Å². The SMILES string of the molecule is CSc1ccc([N+](=O)[O-])c(C(=O)Nc2ccccc2N2CCCCC2)c1. The van der Waals surface area contributed by atoms with E-state index in [0.29, 0.717) is 5.69 Å². The van der Waals surface area contributed by atoms with Crippen molar-refractivity contribution in [2.45, 2.75) is 24.2 Å². The second-order valence-corrected chi connectivity index (χ2v) is 7.04. The molecule has 1 saturated heterocycles. The van der Waals surface area contributed by atoms with E-state index in [1.54, 1.807) is 12.1 Å². The van der Waals surface area contributed by atoms with Crippen molar-refractivity contribution in [2.24, 2.45) is 0 Å². The van der Waals surface area contributed by atoms with Gasteiger partial charge in [-0.05, 0) is 49.8 Å². The van der Waals surface area contributed by atoms with Gasteiger partial charge in [-0.15, -0.1) is 11.8 Å². The lowest BCUT2D eigenvalue weighted by atomic mass is 10.1. The number of thioether (sulfide) groups is 1. The van der Waals surface area contributed by atoms with Crippen molar-refractivity contribution < 1.29 is 9.72 Å². The molecule has 3 rings (SSSR count). The monoisotopic (exact) mass is 371 g/mol. The number of hydrogen-bond donors (Lipinski definition) is 1. The van der Waals surface area contributed by atoms with Crippen molar-refractivity contribution in [1.29, 1.82) is 0 Å². The first-order chi connectivity index (χ1) is 12.6. The molecule has 0 saturated carbocycles. The van der Waals surface area contributed by atoms with Crippen molar-refractivity contribution in [3.63, 3.8) is 0 Å². The number of para-hydroxylation sites is 2. The Balaban J connectivity index is 1.90. The van der Waals surface area contributed by atoms with Crippen molar-refractivity contribution >= 4 is 34.7 Å². The summed E-state index contributed by atoms with van der Waals surface area (Å²) in [4.78, 5) is 26.6. The number of benzene rings is 2. The Morgan fingerprint density at radius 1 is 1.15 bits per heavy atom. The second-order valence-electron chi connectivity index (χ2n) is 6.16. The molecule has 1 heterocycles. The van der Waals surface area contributed by atoms with Crippen LogP contribution in [-0.4, -0.2) is 30.2 Å². The predicted octanol–water partition coefficient (Wildman–Crippen LogP) is 4.56. The molecule has 26 heavy (non-hydrogen) atoms. The smallest absolute Gasteiger partial charge is 0.282 e. The van der Waals surface area contributed by atoms with Gasteiger partial charge in [0.25, 0.3) is 11.6 Å². The highest BCUT2D eigenvalue weighted by atomic mass is 32.2. The lowest BCUT2D eigenvalue weighted by molar-refractivity contribution is -0.385. The zero-order valence-electron chi connectivity index (χ0n) is 14.6. The van der Waals surface area contributed by atoms with Crippen LogP contribution >= 0.6 is 11.8 Å². The normalized spacial score (nSPS) is 14.1. The number of amides is 1. The average Bonchev–Trinajstić information content (AvgIpc) is 2.68. The van der Waals surface area contributed by atoms with E-state index >= 15 is 0 Å². The first-order valence-corrected chi connectivity index (χ1v) is 9.80. The Morgan fingerprint density at radius 3 is 2.58 bits per heavy atom. The van der Waals surface area contributed by atoms with Gasteiger partial charge in [0.15, 0.2) is 0 Å². The fraction of sp³-hybridized carbons (Fsp3) is 0.316. The third-order valence-electron chi connectivity index (χ3n) is 4.49. The maximum Gasteiger partial charge on any atom is 0.282 e. The number of anilines is 2. The summed E-state index contributed by atoms with van der Waals surface area (Å²) in [6.45, 7) is 1.91. The van der Waals surface area contributed by atoms with Gasteiger partial charge in [-0.1, -0.05) is 12.1 Å². The highest BCUT2D eigenvalue weighted by molar-refractivity contribution is 7.98. The first kappa shape index (κ1) is 18.3. The molecule has 1 amide bonds. The number of piperidine rings is 1. The number of nitro benzene ring substituents is 1. The van der Waals surface area contributed by atoms with E-state index in [1.807, 2.05) is 30.5 Å². The van der Waals surface area contributed by atoms with Crippen LogP contribution in [0.2, 0.25) is 0 Å². The molecule has 0 aromatic heterocycles. The fourth-order valence-electron chi connectivity index (χ4n) is 3.16. The minimum atomic E-state index is -0.518. The van der Waals surface area contributed by atoms with Crippen molar-refractivity contribution in [1.82, 2.24) is 0 Å². The molecule has 0 spiro atoms. The van der Waals surface area contributed by atoms with E-state index < -0.39 is 10.8 Å². The van der Waals surface area contributed by atoms with Crippen molar-refractivity contribution in [2.75, 3.05) is 29.6 Å². The van der Waals surface area contributed by atoms with Gasteiger partial charge >= 0.3 is 0 Å². The topological polar surface area (TPSA) is 75.5 Å². The summed E-state index contributed by atoms with van der Waals surface area (Å²) < 4.78 is 0. The minimum absolute atomic E-state index is 0.0790. The molecule has 0 radical (unpaired) electrons. The van der Waals surface area contributed by atoms with E-state index in [9.17, 15) is 14.9 Å². The Bertz CT molecular complexity index is 819. The van der Waals surface area contributed by atoms with Gasteiger partial charge in [-0.3, -0.25) is 14.9 Å². The Kier molecular flexibility index (Phi) is 5.78. The molecule has 0 aliphatic carbocycles. The number of carbonyl (C=O) groups is 1. The van der Waals surface area contributed by atoms with Crippen LogP contribution in [0.5, 0.6) is 0 Å². The van der Waals surface area contributed by atoms with Gasteiger partial charge in [-0.2, -0.15) is 0 Å². The number of nitro groups is 1. The largest absolute Gasteiger partial charge is 0.370 e. The molecule has 1 fully saturated rings. The number of nitrogens with zero attached hydrogens (tertiary/aromatic N) is 2. The van der Waals surface area contributed by atoms with E-state index in [-0.39, 0.29) is 11.3 Å². The molecule has 0 atom stereocenters. The van der Waals surface area contributed by atoms with Crippen molar-refractivity contribution in [3.05, 3.63) is 58.1 Å². The summed E-state index contributed by atoms with van der Waals surface area (Å²) in [5, 5.41) is 14.2. The Labute approximate surface area is 156 Å². The van der Waals surface area contributed by atoms with Gasteiger partial charge < -0.3 is 10.2 Å². The summed E-state index contributed by atoms with van der Waals surface area (Å²) in [5.74, 6) is -0.461. The fourth-order valence-corrected chi connectivity index (χ4v) is 3.60. The molecule has 1 N–H and O–H groups in total. The third-order valence-corrected chi connectivity index (χ3v) is 5.22. The Hall–Kier alpha value is -2.54. The number of rotatable bonds is 5. The van der Waals surface area contributed by atoms with Crippen LogP contribution in [0.3, 0.4) is 0 Å². The molecule has 2 aromatic rings. The maximum atomic E-state index is 12.8. The van der Waals surface area contributed by atoms with Gasteiger partial charge in [0.2, 0.25) is 0 Å². The zero-order chi connectivity index (χ0) is 18.5. The summed E-state index contributed by atoms with van der Waals surface area (Å²) >= 11 is 1.44. The average molecular weight is 371 g/mol. The van der Waals surface area contributed by atoms with E-state index in [1.165, 1.54) is 24.2 Å². The number of hydrogen-bond acceptors (Lipinski definition) is 5. The third kappa shape index (κ3) is 3.99. The molecule has 6 nitrogen and oxygen atoms in total. The van der Waals surface area contributed by atoms with E-state index in [2.05, 4.69) is 10.2 Å². The van der Waals surface area contributed by atoms with Crippen LogP contribution in [-0.2, 0) is 0 Å². The molecule has 136 valence electrons. The van der Waals surface area contributed by atoms with Crippen LogP contribution < -0.4 is 10.2 Å². The molecule has 7 heteroatoms. The van der Waals surface area contributed by atoms with Crippen LogP contribution in [0, 0.1) is 10.1 Å². The molecule has 1 aliphatic heterocycles. The second kappa shape index (κ2) is 8.23. The van der Waals surface area contributed by atoms with Gasteiger partial charge in [0.1, 0.15) is 5.56 Å². The van der Waals surface area contributed by atoms with E-state index in [0.717, 1.165) is 36.5 Å². The molecule has 0 bridgehead atoms. The molecule has 1 aliphatic rings. The molecular weight excluding hydrogens is 350 g/mol. The van der Waals surface area contributed by atoms with Crippen molar-refractivity contribution in [3.8, 4) is 0 Å². The summed E-state index contributed by atoms with van der Waals surface area (Å²) in [5.41, 5.74) is 1.54.